The number of nitro groups is 1. The molecule has 0 saturated carbocycles. The molecule has 1 aromatic rings. The summed E-state index contributed by atoms with van der Waals surface area (Å²) >= 11 is 5.75. The summed E-state index contributed by atoms with van der Waals surface area (Å²) in [6.45, 7) is 0. The van der Waals surface area contributed by atoms with E-state index >= 15 is 0 Å². The van der Waals surface area contributed by atoms with Gasteiger partial charge in [0, 0.05) is 17.1 Å². The summed E-state index contributed by atoms with van der Waals surface area (Å²) in [5, 5.41) is 22.5. The molecule has 7 nitrogen and oxygen atoms in total. The summed E-state index contributed by atoms with van der Waals surface area (Å²) in [6.07, 6.45) is 3.27. The first-order valence-electron chi connectivity index (χ1n) is 6.04. The Bertz CT molecular complexity index is 643. The maximum atomic E-state index is 12.1. The highest BCUT2D eigenvalue weighted by Crippen LogP contribution is 2.24. The van der Waals surface area contributed by atoms with Crippen molar-refractivity contribution in [3.8, 4) is 0 Å². The molecule has 1 aliphatic rings. The average molecular weight is 311 g/mol. The van der Waals surface area contributed by atoms with Crippen molar-refractivity contribution in [3.05, 3.63) is 51.1 Å². The van der Waals surface area contributed by atoms with Crippen LogP contribution in [0.3, 0.4) is 0 Å². The van der Waals surface area contributed by atoms with E-state index in [9.17, 15) is 19.7 Å². The van der Waals surface area contributed by atoms with Crippen LogP contribution in [0.15, 0.2) is 30.4 Å². The van der Waals surface area contributed by atoms with Crippen molar-refractivity contribution in [2.75, 3.05) is 0 Å². The molecule has 2 atom stereocenters. The van der Waals surface area contributed by atoms with Crippen LogP contribution in [0.4, 0.5) is 5.69 Å². The molecule has 2 rings (SSSR count). The highest BCUT2D eigenvalue weighted by Gasteiger charge is 2.27. The zero-order valence-electron chi connectivity index (χ0n) is 10.7. The Morgan fingerprint density at radius 3 is 2.67 bits per heavy atom. The molecule has 2 N–H and O–H groups in total. The van der Waals surface area contributed by atoms with Crippen molar-refractivity contribution in [1.82, 2.24) is 5.32 Å². The fourth-order valence-corrected chi connectivity index (χ4v) is 2.26. The molecular weight excluding hydrogens is 300 g/mol. The third kappa shape index (κ3) is 3.38. The summed E-state index contributed by atoms with van der Waals surface area (Å²) in [4.78, 5) is 33.2. The number of nitrogens with one attached hydrogen (secondary N) is 1. The Kier molecular flexibility index (Phi) is 4.23. The Morgan fingerprint density at radius 2 is 2.10 bits per heavy atom. The summed E-state index contributed by atoms with van der Waals surface area (Å²) in [7, 11) is 0. The number of rotatable bonds is 4. The molecule has 0 heterocycles. The third-order valence-corrected chi connectivity index (χ3v) is 3.35. The Morgan fingerprint density at radius 1 is 1.38 bits per heavy atom. The number of carbonyl (C=O) groups is 2. The van der Waals surface area contributed by atoms with E-state index in [0.29, 0.717) is 0 Å². The van der Waals surface area contributed by atoms with Crippen LogP contribution in [-0.2, 0) is 4.79 Å². The minimum atomic E-state index is -0.975. The molecule has 8 heteroatoms. The predicted molar refractivity (Wildman–Crippen MR) is 74.2 cm³/mol. The van der Waals surface area contributed by atoms with Gasteiger partial charge in [-0.15, -0.1) is 0 Å². The maximum absolute atomic E-state index is 12.1. The molecule has 110 valence electrons. The molecule has 0 saturated heterocycles. The molecule has 0 radical (unpaired) electrons. The second-order valence-corrected chi connectivity index (χ2v) is 5.00. The molecule has 0 aliphatic heterocycles. The van der Waals surface area contributed by atoms with Crippen LogP contribution in [0.2, 0.25) is 5.02 Å². The topological polar surface area (TPSA) is 110 Å². The van der Waals surface area contributed by atoms with E-state index in [1.807, 2.05) is 0 Å². The second-order valence-electron chi connectivity index (χ2n) is 4.56. The third-order valence-electron chi connectivity index (χ3n) is 3.12. The Hall–Kier alpha value is -2.41. The van der Waals surface area contributed by atoms with Crippen LogP contribution in [0, 0.1) is 16.0 Å². The number of aliphatic carboxylic acids is 1. The number of carboxylic acid groups (broad SMARTS) is 1. The predicted octanol–water partition coefficient (Wildman–Crippen LogP) is 2.01. The van der Waals surface area contributed by atoms with Gasteiger partial charge in [-0.25, -0.2) is 0 Å². The van der Waals surface area contributed by atoms with Crippen molar-refractivity contribution in [1.29, 1.82) is 0 Å². The quantitative estimate of drug-likeness (QED) is 0.502. The van der Waals surface area contributed by atoms with Gasteiger partial charge in [0.25, 0.3) is 11.6 Å². The van der Waals surface area contributed by atoms with Crippen LogP contribution in [0.1, 0.15) is 16.8 Å². The Labute approximate surface area is 124 Å². The van der Waals surface area contributed by atoms with Gasteiger partial charge in [-0.2, -0.15) is 0 Å². The summed E-state index contributed by atoms with van der Waals surface area (Å²) < 4.78 is 0. The minimum Gasteiger partial charge on any atom is -0.481 e. The first-order chi connectivity index (χ1) is 9.88. The largest absolute Gasteiger partial charge is 0.481 e. The van der Waals surface area contributed by atoms with E-state index < -0.39 is 28.8 Å². The lowest BCUT2D eigenvalue weighted by Crippen LogP contribution is -2.33. The minimum absolute atomic E-state index is 0.153. The van der Waals surface area contributed by atoms with Gasteiger partial charge in [0.1, 0.15) is 5.56 Å². The van der Waals surface area contributed by atoms with Gasteiger partial charge in [0.15, 0.2) is 0 Å². The van der Waals surface area contributed by atoms with Gasteiger partial charge in [-0.1, -0.05) is 23.8 Å². The zero-order chi connectivity index (χ0) is 15.6. The van der Waals surface area contributed by atoms with Crippen LogP contribution in [0.25, 0.3) is 0 Å². The summed E-state index contributed by atoms with van der Waals surface area (Å²) in [5.41, 5.74) is -0.506. The number of carboxylic acids is 1. The Balaban J connectivity index is 2.15. The molecule has 1 aromatic carbocycles. The SMILES string of the molecule is O=C(NC1C=CC(C(=O)O)C1)c1cc(Cl)ccc1[N+](=O)[O-]. The van der Waals surface area contributed by atoms with Crippen LogP contribution in [-0.4, -0.2) is 27.9 Å². The number of hydrogen-bond donors (Lipinski definition) is 2. The molecular formula is C13H11ClN2O5. The maximum Gasteiger partial charge on any atom is 0.310 e. The average Bonchev–Trinajstić information content (AvgIpc) is 2.86. The number of nitrogens with zero attached hydrogens (tertiary/aromatic N) is 1. The van der Waals surface area contributed by atoms with Crippen LogP contribution >= 0.6 is 11.6 Å². The highest BCUT2D eigenvalue weighted by atomic mass is 35.5. The molecule has 0 aromatic heterocycles. The van der Waals surface area contributed by atoms with Crippen molar-refractivity contribution >= 4 is 29.2 Å². The summed E-state index contributed by atoms with van der Waals surface area (Å²) in [5.74, 6) is -2.30. The number of nitro benzene ring substituents is 1. The van der Waals surface area contributed by atoms with E-state index in [-0.39, 0.29) is 22.7 Å². The van der Waals surface area contributed by atoms with Crippen molar-refractivity contribution in [2.45, 2.75) is 12.5 Å². The summed E-state index contributed by atoms with van der Waals surface area (Å²) in [6, 6.07) is 3.22. The molecule has 1 amide bonds. The number of carbonyl (C=O) groups excluding carboxylic acids is 1. The number of amides is 1. The van der Waals surface area contributed by atoms with Crippen molar-refractivity contribution < 1.29 is 19.6 Å². The van der Waals surface area contributed by atoms with E-state index in [1.165, 1.54) is 18.2 Å². The molecule has 0 fully saturated rings. The molecule has 0 spiro atoms. The van der Waals surface area contributed by atoms with Gasteiger partial charge < -0.3 is 10.4 Å². The number of hydrogen-bond acceptors (Lipinski definition) is 4. The molecule has 2 unspecified atom stereocenters. The molecule has 0 bridgehead atoms. The van der Waals surface area contributed by atoms with Crippen LogP contribution < -0.4 is 5.32 Å². The number of halogens is 1. The van der Waals surface area contributed by atoms with E-state index in [1.54, 1.807) is 6.08 Å². The molecule has 21 heavy (non-hydrogen) atoms. The van der Waals surface area contributed by atoms with Gasteiger partial charge in [0.2, 0.25) is 0 Å². The van der Waals surface area contributed by atoms with E-state index in [0.717, 1.165) is 6.07 Å². The second kappa shape index (κ2) is 5.92. The van der Waals surface area contributed by atoms with Gasteiger partial charge >= 0.3 is 5.97 Å². The first-order valence-corrected chi connectivity index (χ1v) is 6.42. The lowest BCUT2D eigenvalue weighted by Gasteiger charge is -2.12. The van der Waals surface area contributed by atoms with Crippen LogP contribution in [0.5, 0.6) is 0 Å². The lowest BCUT2D eigenvalue weighted by molar-refractivity contribution is -0.385. The molecule has 1 aliphatic carbocycles. The normalized spacial score (nSPS) is 20.2. The lowest BCUT2D eigenvalue weighted by atomic mass is 10.1. The van der Waals surface area contributed by atoms with Crippen molar-refractivity contribution in [3.63, 3.8) is 0 Å². The fourth-order valence-electron chi connectivity index (χ4n) is 2.08. The van der Waals surface area contributed by atoms with Gasteiger partial charge in [-0.3, -0.25) is 19.7 Å². The highest BCUT2D eigenvalue weighted by molar-refractivity contribution is 6.31. The fraction of sp³-hybridized carbons (Fsp3) is 0.231. The van der Waals surface area contributed by atoms with Crippen molar-refractivity contribution in [2.24, 2.45) is 5.92 Å². The number of benzene rings is 1. The monoisotopic (exact) mass is 310 g/mol. The smallest absolute Gasteiger partial charge is 0.310 e. The standard InChI is InChI=1S/C13H11ClN2O5/c14-8-2-4-11(16(20)21)10(6-8)12(17)15-9-3-1-7(5-9)13(18)19/h1-4,6-7,9H,5H2,(H,15,17)(H,18,19). The van der Waals surface area contributed by atoms with E-state index in [4.69, 9.17) is 16.7 Å². The zero-order valence-corrected chi connectivity index (χ0v) is 11.4. The first kappa shape index (κ1) is 15.0. The van der Waals surface area contributed by atoms with E-state index in [2.05, 4.69) is 5.32 Å². The van der Waals surface area contributed by atoms with Gasteiger partial charge in [-0.05, 0) is 18.6 Å². The van der Waals surface area contributed by atoms with Gasteiger partial charge in [0.05, 0.1) is 10.8 Å².